The van der Waals surface area contributed by atoms with Crippen molar-refractivity contribution < 1.29 is 0 Å². The van der Waals surface area contributed by atoms with Gasteiger partial charge in [0.2, 0.25) is 0 Å². The van der Waals surface area contributed by atoms with E-state index in [9.17, 15) is 0 Å². The minimum Gasteiger partial charge on any atom is -0.382 e. The van der Waals surface area contributed by atoms with Crippen molar-refractivity contribution in [2.45, 2.75) is 25.8 Å². The summed E-state index contributed by atoms with van der Waals surface area (Å²) in [6, 6.07) is 2.29. The molecule has 0 amide bonds. The molecule has 2 heterocycles. The zero-order chi connectivity index (χ0) is 15.1. The largest absolute Gasteiger partial charge is 0.382 e. The molecule has 2 rings (SSSR count). The second-order valence-corrected chi connectivity index (χ2v) is 5.37. The monoisotopic (exact) mass is 289 g/mol. The van der Waals surface area contributed by atoms with Crippen LogP contribution >= 0.6 is 0 Å². The lowest BCUT2D eigenvalue weighted by molar-refractivity contribution is 0.236. The van der Waals surface area contributed by atoms with Gasteiger partial charge in [-0.1, -0.05) is 0 Å². The first-order valence-electron chi connectivity index (χ1n) is 7.41. The molecule has 21 heavy (non-hydrogen) atoms. The SMILES string of the molecule is CC(CCCN1CCNCC1)Nc1ncnc(N)c1C#N. The summed E-state index contributed by atoms with van der Waals surface area (Å²) in [6.07, 6.45) is 3.53. The second kappa shape index (κ2) is 7.76. The van der Waals surface area contributed by atoms with E-state index in [1.165, 1.54) is 6.33 Å². The van der Waals surface area contributed by atoms with Gasteiger partial charge >= 0.3 is 0 Å². The summed E-state index contributed by atoms with van der Waals surface area (Å²) in [6.45, 7) is 7.63. The molecule has 4 N–H and O–H groups in total. The van der Waals surface area contributed by atoms with Gasteiger partial charge in [0, 0.05) is 32.2 Å². The van der Waals surface area contributed by atoms with Crippen LogP contribution in [0.4, 0.5) is 11.6 Å². The summed E-state index contributed by atoms with van der Waals surface area (Å²) in [4.78, 5) is 10.4. The van der Waals surface area contributed by atoms with Crippen LogP contribution in [0.25, 0.3) is 0 Å². The highest BCUT2D eigenvalue weighted by molar-refractivity contribution is 5.62. The van der Waals surface area contributed by atoms with Gasteiger partial charge in [0.25, 0.3) is 0 Å². The molecule has 114 valence electrons. The number of rotatable bonds is 6. The molecule has 1 aromatic rings. The van der Waals surface area contributed by atoms with Gasteiger partial charge in [0.15, 0.2) is 0 Å². The summed E-state index contributed by atoms with van der Waals surface area (Å²) >= 11 is 0. The third-order valence-electron chi connectivity index (χ3n) is 3.69. The highest BCUT2D eigenvalue weighted by atomic mass is 15.2. The molecule has 7 heteroatoms. The van der Waals surface area contributed by atoms with E-state index in [0.29, 0.717) is 11.4 Å². The fraction of sp³-hybridized carbons (Fsp3) is 0.643. The Hall–Kier alpha value is -1.91. The van der Waals surface area contributed by atoms with Gasteiger partial charge in [-0.25, -0.2) is 9.97 Å². The van der Waals surface area contributed by atoms with Crippen molar-refractivity contribution in [3.05, 3.63) is 11.9 Å². The van der Waals surface area contributed by atoms with E-state index in [1.54, 1.807) is 0 Å². The Morgan fingerprint density at radius 3 is 2.95 bits per heavy atom. The predicted octanol–water partition coefficient (Wildman–Crippen LogP) is 0.416. The molecule has 0 bridgehead atoms. The number of nitriles is 1. The zero-order valence-electron chi connectivity index (χ0n) is 12.5. The predicted molar refractivity (Wildman–Crippen MR) is 82.8 cm³/mol. The smallest absolute Gasteiger partial charge is 0.149 e. The average Bonchev–Trinajstić information content (AvgIpc) is 2.48. The standard InChI is InChI=1S/C14H23N7/c1-11(3-2-6-21-7-4-17-5-8-21)20-14-12(9-15)13(16)18-10-19-14/h10-11,17H,2-8H2,1H3,(H3,16,18,19,20). The Morgan fingerprint density at radius 1 is 1.48 bits per heavy atom. The van der Waals surface area contributed by atoms with Gasteiger partial charge in [0.1, 0.15) is 29.6 Å². The maximum atomic E-state index is 9.10. The quantitative estimate of drug-likeness (QED) is 0.697. The Morgan fingerprint density at radius 2 is 2.24 bits per heavy atom. The maximum absolute atomic E-state index is 9.10. The maximum Gasteiger partial charge on any atom is 0.149 e. The van der Waals surface area contributed by atoms with Crippen LogP contribution in [0.2, 0.25) is 0 Å². The average molecular weight is 289 g/mol. The molecule has 1 aliphatic rings. The van der Waals surface area contributed by atoms with Crippen molar-refractivity contribution in [2.24, 2.45) is 0 Å². The van der Waals surface area contributed by atoms with E-state index >= 15 is 0 Å². The van der Waals surface area contributed by atoms with Crippen LogP contribution in [0.1, 0.15) is 25.3 Å². The van der Waals surface area contributed by atoms with E-state index in [-0.39, 0.29) is 11.9 Å². The third-order valence-corrected chi connectivity index (χ3v) is 3.69. The van der Waals surface area contributed by atoms with Crippen LogP contribution in [-0.4, -0.2) is 53.6 Å². The number of hydrogen-bond acceptors (Lipinski definition) is 7. The number of nitrogen functional groups attached to an aromatic ring is 1. The molecule has 1 saturated heterocycles. The highest BCUT2D eigenvalue weighted by Crippen LogP contribution is 2.17. The lowest BCUT2D eigenvalue weighted by Crippen LogP contribution is -2.43. The Kier molecular flexibility index (Phi) is 5.72. The number of aromatic nitrogens is 2. The minimum absolute atomic E-state index is 0.225. The van der Waals surface area contributed by atoms with Gasteiger partial charge in [-0.3, -0.25) is 0 Å². The van der Waals surface area contributed by atoms with Crippen LogP contribution in [0.3, 0.4) is 0 Å². The van der Waals surface area contributed by atoms with Gasteiger partial charge in [0.05, 0.1) is 0 Å². The Bertz CT molecular complexity index is 491. The first-order chi connectivity index (χ1) is 10.2. The molecule has 0 spiro atoms. The van der Waals surface area contributed by atoms with E-state index in [4.69, 9.17) is 11.0 Å². The first-order valence-corrected chi connectivity index (χ1v) is 7.41. The zero-order valence-corrected chi connectivity index (χ0v) is 12.5. The van der Waals surface area contributed by atoms with E-state index in [2.05, 4.69) is 32.4 Å². The number of piperazine rings is 1. The number of nitrogens with zero attached hydrogens (tertiary/aromatic N) is 4. The topological polar surface area (TPSA) is 103 Å². The molecule has 0 aliphatic carbocycles. The normalized spacial score (nSPS) is 17.1. The summed E-state index contributed by atoms with van der Waals surface area (Å²) in [5.74, 6) is 0.752. The van der Waals surface area contributed by atoms with Crippen LogP contribution in [0, 0.1) is 11.3 Å². The molecular weight excluding hydrogens is 266 g/mol. The molecule has 1 aromatic heterocycles. The van der Waals surface area contributed by atoms with Crippen molar-refractivity contribution in [1.82, 2.24) is 20.2 Å². The van der Waals surface area contributed by atoms with E-state index in [1.807, 2.05) is 6.07 Å². The number of nitrogens with two attached hydrogens (primary N) is 1. The number of anilines is 2. The summed E-state index contributed by atoms with van der Waals surface area (Å²) in [7, 11) is 0. The number of nitrogens with one attached hydrogen (secondary N) is 2. The van der Waals surface area contributed by atoms with Gasteiger partial charge < -0.3 is 21.3 Å². The van der Waals surface area contributed by atoms with Crippen LogP contribution in [-0.2, 0) is 0 Å². The van der Waals surface area contributed by atoms with E-state index in [0.717, 1.165) is 45.6 Å². The fourth-order valence-electron chi connectivity index (χ4n) is 2.48. The molecule has 1 atom stereocenters. The van der Waals surface area contributed by atoms with E-state index < -0.39 is 0 Å². The van der Waals surface area contributed by atoms with Crippen LogP contribution < -0.4 is 16.4 Å². The summed E-state index contributed by atoms with van der Waals surface area (Å²) in [5.41, 5.74) is 6.00. The summed E-state index contributed by atoms with van der Waals surface area (Å²) < 4.78 is 0. The molecule has 1 aliphatic heterocycles. The lowest BCUT2D eigenvalue weighted by atomic mass is 10.1. The van der Waals surface area contributed by atoms with Gasteiger partial charge in [-0.05, 0) is 26.3 Å². The first kappa shape index (κ1) is 15.5. The second-order valence-electron chi connectivity index (χ2n) is 5.37. The summed E-state index contributed by atoms with van der Waals surface area (Å²) in [5, 5.41) is 15.7. The van der Waals surface area contributed by atoms with Gasteiger partial charge in [-0.2, -0.15) is 5.26 Å². The molecule has 7 nitrogen and oxygen atoms in total. The van der Waals surface area contributed by atoms with Crippen molar-refractivity contribution in [2.75, 3.05) is 43.8 Å². The Labute approximate surface area is 125 Å². The Balaban J connectivity index is 1.78. The molecule has 1 unspecified atom stereocenters. The molecular formula is C14H23N7. The van der Waals surface area contributed by atoms with Crippen LogP contribution in [0.5, 0.6) is 0 Å². The molecule has 0 radical (unpaired) electrons. The lowest BCUT2D eigenvalue weighted by Gasteiger charge is -2.27. The number of hydrogen-bond donors (Lipinski definition) is 3. The highest BCUT2D eigenvalue weighted by Gasteiger charge is 2.12. The van der Waals surface area contributed by atoms with Crippen molar-refractivity contribution >= 4 is 11.6 Å². The van der Waals surface area contributed by atoms with Gasteiger partial charge in [-0.15, -0.1) is 0 Å². The van der Waals surface area contributed by atoms with Crippen molar-refractivity contribution in [3.8, 4) is 6.07 Å². The molecule has 1 fully saturated rings. The molecule has 0 aromatic carbocycles. The molecule has 0 saturated carbocycles. The van der Waals surface area contributed by atoms with Crippen molar-refractivity contribution in [3.63, 3.8) is 0 Å². The minimum atomic E-state index is 0.225. The van der Waals surface area contributed by atoms with Crippen molar-refractivity contribution in [1.29, 1.82) is 5.26 Å². The van der Waals surface area contributed by atoms with Crippen LogP contribution in [0.15, 0.2) is 6.33 Å². The third kappa shape index (κ3) is 4.55. The fourth-order valence-corrected chi connectivity index (χ4v) is 2.48.